The summed E-state index contributed by atoms with van der Waals surface area (Å²) in [6.45, 7) is 0. The Morgan fingerprint density at radius 3 is 1.47 bits per heavy atom. The predicted octanol–water partition coefficient (Wildman–Crippen LogP) is 1.86. The van der Waals surface area contributed by atoms with Gasteiger partial charge < -0.3 is 18.9 Å². The van der Waals surface area contributed by atoms with E-state index >= 15 is 0 Å². The summed E-state index contributed by atoms with van der Waals surface area (Å²) in [4.78, 5) is 0. The molecule has 0 fully saturated rings. The zero-order valence-electron chi connectivity index (χ0n) is 9.09. The lowest BCUT2D eigenvalue weighted by atomic mass is 10.2. The van der Waals surface area contributed by atoms with Crippen LogP contribution in [0.25, 0.3) is 0 Å². The molecule has 0 spiro atoms. The molecule has 0 saturated carbocycles. The number of hydrogen-bond acceptors (Lipinski definition) is 4. The van der Waals surface area contributed by atoms with Gasteiger partial charge >= 0.3 is 0 Å². The lowest BCUT2D eigenvalue weighted by molar-refractivity contribution is 0.301. The van der Waals surface area contributed by atoms with E-state index in [2.05, 4.69) is 0 Å². The Balaban J connectivity index is 3.41. The van der Waals surface area contributed by atoms with Crippen LogP contribution in [0.15, 0.2) is 6.07 Å². The van der Waals surface area contributed by atoms with Gasteiger partial charge in [-0.15, -0.1) is 0 Å². The van der Waals surface area contributed by atoms with Crippen LogP contribution in [0.1, 0.15) is 0 Å². The highest BCUT2D eigenvalue weighted by atomic mass is 19.1. The Morgan fingerprint density at radius 1 is 0.800 bits per heavy atom. The van der Waals surface area contributed by atoms with Crippen molar-refractivity contribution in [3.05, 3.63) is 11.9 Å². The molecule has 0 aliphatic heterocycles. The van der Waals surface area contributed by atoms with Gasteiger partial charge in [-0.05, 0) is 0 Å². The monoisotopic (exact) mass is 216 g/mol. The molecule has 0 N–H and O–H groups in total. The van der Waals surface area contributed by atoms with Crippen molar-refractivity contribution >= 4 is 0 Å². The number of rotatable bonds is 4. The van der Waals surface area contributed by atoms with Gasteiger partial charge in [0.1, 0.15) is 0 Å². The average Bonchev–Trinajstić information content (AvgIpc) is 2.27. The highest BCUT2D eigenvalue weighted by molar-refractivity contribution is 5.55. The predicted molar refractivity (Wildman–Crippen MR) is 52.6 cm³/mol. The van der Waals surface area contributed by atoms with E-state index in [1.54, 1.807) is 0 Å². The Kier molecular flexibility index (Phi) is 3.60. The molecular formula is C10H13FO4. The molecule has 0 aliphatic rings. The van der Waals surface area contributed by atoms with E-state index in [4.69, 9.17) is 18.9 Å². The molecule has 1 rings (SSSR count). The van der Waals surface area contributed by atoms with Crippen LogP contribution in [-0.2, 0) is 0 Å². The van der Waals surface area contributed by atoms with Gasteiger partial charge in [0.2, 0.25) is 17.3 Å². The summed E-state index contributed by atoms with van der Waals surface area (Å²) in [5, 5.41) is 0. The van der Waals surface area contributed by atoms with Crippen LogP contribution in [0, 0.1) is 5.82 Å². The Labute approximate surface area is 87.5 Å². The van der Waals surface area contributed by atoms with Crippen LogP contribution in [0.3, 0.4) is 0 Å². The fourth-order valence-electron chi connectivity index (χ4n) is 1.25. The summed E-state index contributed by atoms with van der Waals surface area (Å²) < 4.78 is 33.4. The van der Waals surface area contributed by atoms with Crippen LogP contribution in [0.2, 0.25) is 0 Å². The zero-order chi connectivity index (χ0) is 11.4. The third-order valence-corrected chi connectivity index (χ3v) is 1.96. The normalized spacial score (nSPS) is 9.67. The standard InChI is InChI=1S/C10H13FO4/c1-12-6-5-7(13-2)10(15-4)8(11)9(6)14-3/h5H,1-4H3. The zero-order valence-corrected chi connectivity index (χ0v) is 9.09. The molecule has 1 aromatic carbocycles. The van der Waals surface area contributed by atoms with E-state index in [0.29, 0.717) is 0 Å². The maximum Gasteiger partial charge on any atom is 0.214 e. The Hall–Kier alpha value is -1.65. The molecule has 15 heavy (non-hydrogen) atoms. The van der Waals surface area contributed by atoms with Crippen LogP contribution in [0.5, 0.6) is 23.0 Å². The maximum atomic E-state index is 13.8. The van der Waals surface area contributed by atoms with Crippen LogP contribution >= 0.6 is 0 Å². The van der Waals surface area contributed by atoms with E-state index in [1.807, 2.05) is 0 Å². The van der Waals surface area contributed by atoms with Gasteiger partial charge in [0, 0.05) is 6.07 Å². The molecule has 0 saturated heterocycles. The van der Waals surface area contributed by atoms with Crippen molar-refractivity contribution in [1.82, 2.24) is 0 Å². The van der Waals surface area contributed by atoms with Crippen molar-refractivity contribution in [3.63, 3.8) is 0 Å². The molecule has 0 aliphatic carbocycles. The van der Waals surface area contributed by atoms with Crippen molar-refractivity contribution in [2.75, 3.05) is 28.4 Å². The van der Waals surface area contributed by atoms with Gasteiger partial charge in [-0.3, -0.25) is 0 Å². The smallest absolute Gasteiger partial charge is 0.214 e. The molecule has 4 nitrogen and oxygen atoms in total. The molecule has 5 heteroatoms. The second-order valence-electron chi connectivity index (χ2n) is 2.66. The summed E-state index contributed by atoms with van der Waals surface area (Å²) in [6, 6.07) is 1.50. The van der Waals surface area contributed by atoms with Gasteiger partial charge in [-0.2, -0.15) is 4.39 Å². The molecule has 0 aromatic heterocycles. The van der Waals surface area contributed by atoms with Crippen molar-refractivity contribution in [3.8, 4) is 23.0 Å². The van der Waals surface area contributed by atoms with Gasteiger partial charge in [0.25, 0.3) is 0 Å². The minimum absolute atomic E-state index is 0.00449. The minimum Gasteiger partial charge on any atom is -0.493 e. The number of hydrogen-bond donors (Lipinski definition) is 0. The van der Waals surface area contributed by atoms with Crippen molar-refractivity contribution in [1.29, 1.82) is 0 Å². The quantitative estimate of drug-likeness (QED) is 0.769. The molecule has 0 heterocycles. The van der Waals surface area contributed by atoms with Crippen molar-refractivity contribution < 1.29 is 23.3 Å². The molecule has 0 radical (unpaired) electrons. The van der Waals surface area contributed by atoms with Gasteiger partial charge in [0.15, 0.2) is 11.5 Å². The number of benzene rings is 1. The summed E-state index contributed by atoms with van der Waals surface area (Å²) in [5.74, 6) is -0.137. The molecule has 0 atom stereocenters. The van der Waals surface area contributed by atoms with E-state index in [0.717, 1.165) is 0 Å². The van der Waals surface area contributed by atoms with Crippen molar-refractivity contribution in [2.45, 2.75) is 0 Å². The van der Waals surface area contributed by atoms with Gasteiger partial charge in [-0.1, -0.05) is 0 Å². The lowest BCUT2D eigenvalue weighted by Crippen LogP contribution is -1.99. The topological polar surface area (TPSA) is 36.9 Å². The summed E-state index contributed by atoms with van der Waals surface area (Å²) in [7, 11) is 5.55. The summed E-state index contributed by atoms with van der Waals surface area (Å²) >= 11 is 0. The van der Waals surface area contributed by atoms with E-state index in [1.165, 1.54) is 34.5 Å². The largest absolute Gasteiger partial charge is 0.493 e. The molecular weight excluding hydrogens is 203 g/mol. The highest BCUT2D eigenvalue weighted by Gasteiger charge is 2.20. The van der Waals surface area contributed by atoms with Crippen LogP contribution in [0.4, 0.5) is 4.39 Å². The summed E-state index contributed by atoms with van der Waals surface area (Å²) in [5.41, 5.74) is 0. The lowest BCUT2D eigenvalue weighted by Gasteiger charge is -2.14. The molecule has 0 bridgehead atoms. The fraction of sp³-hybridized carbons (Fsp3) is 0.400. The van der Waals surface area contributed by atoms with E-state index < -0.39 is 5.82 Å². The fourth-order valence-corrected chi connectivity index (χ4v) is 1.25. The first-order chi connectivity index (χ1) is 7.19. The number of methoxy groups -OCH3 is 4. The van der Waals surface area contributed by atoms with Gasteiger partial charge in [-0.25, -0.2) is 0 Å². The van der Waals surface area contributed by atoms with Crippen molar-refractivity contribution in [2.24, 2.45) is 0 Å². The first-order valence-corrected chi connectivity index (χ1v) is 4.22. The molecule has 84 valence electrons. The van der Waals surface area contributed by atoms with E-state index in [-0.39, 0.29) is 23.0 Å². The second kappa shape index (κ2) is 4.72. The second-order valence-corrected chi connectivity index (χ2v) is 2.66. The maximum absolute atomic E-state index is 13.8. The summed E-state index contributed by atoms with van der Waals surface area (Å²) in [6.07, 6.45) is 0. The van der Waals surface area contributed by atoms with E-state index in [9.17, 15) is 4.39 Å². The van der Waals surface area contributed by atoms with Crippen LogP contribution in [-0.4, -0.2) is 28.4 Å². The highest BCUT2D eigenvalue weighted by Crippen LogP contribution is 2.42. The SMILES string of the molecule is COc1cc(OC)c(OC)c(F)c1OC. The Morgan fingerprint density at radius 2 is 1.20 bits per heavy atom. The minimum atomic E-state index is -0.642. The molecule has 0 unspecified atom stereocenters. The first kappa shape index (κ1) is 11.4. The average molecular weight is 216 g/mol. The van der Waals surface area contributed by atoms with Crippen LogP contribution < -0.4 is 18.9 Å². The third kappa shape index (κ3) is 1.91. The third-order valence-electron chi connectivity index (χ3n) is 1.96. The molecule has 1 aromatic rings. The molecule has 0 amide bonds. The number of halogens is 1. The number of ether oxygens (including phenoxy) is 4. The Bertz CT molecular complexity index is 322. The first-order valence-electron chi connectivity index (χ1n) is 4.22. The van der Waals surface area contributed by atoms with Gasteiger partial charge in [0.05, 0.1) is 28.4 Å².